The molecule has 0 atom stereocenters. The molecule has 0 saturated carbocycles. The quantitative estimate of drug-likeness (QED) is 0.477. The molecule has 0 unspecified atom stereocenters. The number of hydrogen-bond acceptors (Lipinski definition) is 4. The first-order chi connectivity index (χ1) is 12.5. The summed E-state index contributed by atoms with van der Waals surface area (Å²) in [7, 11) is 1.34. The van der Waals surface area contributed by atoms with Crippen molar-refractivity contribution in [1.82, 2.24) is 0 Å². The first kappa shape index (κ1) is 17.8. The van der Waals surface area contributed by atoms with Crippen LogP contribution >= 0.6 is 11.6 Å². The topological polar surface area (TPSA) is 64.3 Å². The first-order valence-electron chi connectivity index (χ1n) is 8.10. The van der Waals surface area contributed by atoms with E-state index in [0.717, 1.165) is 22.4 Å². The highest BCUT2D eigenvalue weighted by molar-refractivity contribution is 6.33. The number of esters is 1. The van der Waals surface area contributed by atoms with Crippen LogP contribution in [0, 0.1) is 6.92 Å². The molecule has 3 aromatic carbocycles. The van der Waals surface area contributed by atoms with Crippen LogP contribution in [0.15, 0.2) is 60.7 Å². The van der Waals surface area contributed by atoms with Gasteiger partial charge in [0, 0.05) is 16.3 Å². The van der Waals surface area contributed by atoms with Crippen LogP contribution in [0.4, 0.5) is 17.1 Å². The second-order valence-electron chi connectivity index (χ2n) is 5.95. The van der Waals surface area contributed by atoms with E-state index in [4.69, 9.17) is 22.1 Å². The maximum absolute atomic E-state index is 12.3. The summed E-state index contributed by atoms with van der Waals surface area (Å²) >= 11 is 6.38. The Morgan fingerprint density at radius 3 is 2.46 bits per heavy atom. The number of carbonyl (C=O) groups excluding carboxylic acids is 1. The lowest BCUT2D eigenvalue weighted by molar-refractivity contribution is 0.0602. The van der Waals surface area contributed by atoms with Gasteiger partial charge in [-0.2, -0.15) is 0 Å². The zero-order chi connectivity index (χ0) is 18.7. The Hall–Kier alpha value is -2.98. The summed E-state index contributed by atoms with van der Waals surface area (Å²) in [5, 5.41) is 3.80. The lowest BCUT2D eigenvalue weighted by Gasteiger charge is -2.16. The van der Waals surface area contributed by atoms with Crippen molar-refractivity contribution in [2.45, 2.75) is 6.92 Å². The van der Waals surface area contributed by atoms with Gasteiger partial charge in [0.1, 0.15) is 0 Å². The molecule has 0 aromatic heterocycles. The van der Waals surface area contributed by atoms with Crippen molar-refractivity contribution in [3.05, 3.63) is 76.8 Å². The zero-order valence-electron chi connectivity index (χ0n) is 14.5. The largest absolute Gasteiger partial charge is 0.465 e. The van der Waals surface area contributed by atoms with Crippen molar-refractivity contribution in [2.75, 3.05) is 18.2 Å². The molecule has 3 N–H and O–H groups in total. The molecule has 4 nitrogen and oxygen atoms in total. The molecule has 0 bridgehead atoms. The minimum absolute atomic E-state index is 0.350. The van der Waals surface area contributed by atoms with Crippen LogP contribution in [0.2, 0.25) is 5.02 Å². The highest BCUT2D eigenvalue weighted by Gasteiger charge is 2.18. The van der Waals surface area contributed by atoms with Gasteiger partial charge in [-0.15, -0.1) is 0 Å². The van der Waals surface area contributed by atoms with E-state index >= 15 is 0 Å². The molecule has 0 fully saturated rings. The lowest BCUT2D eigenvalue weighted by atomic mass is 9.99. The number of carbonyl (C=O) groups is 1. The van der Waals surface area contributed by atoms with E-state index in [0.29, 0.717) is 22.0 Å². The number of nitrogen functional groups attached to an aromatic ring is 1. The molecular formula is C21H19ClN2O2. The Morgan fingerprint density at radius 2 is 1.81 bits per heavy atom. The molecule has 0 aliphatic carbocycles. The Labute approximate surface area is 157 Å². The highest BCUT2D eigenvalue weighted by Crippen LogP contribution is 2.36. The number of para-hydroxylation sites is 1. The Bertz CT molecular complexity index is 956. The molecular weight excluding hydrogens is 348 g/mol. The molecule has 132 valence electrons. The number of methoxy groups -OCH3 is 1. The third-order valence-electron chi connectivity index (χ3n) is 4.05. The van der Waals surface area contributed by atoms with Gasteiger partial charge in [-0.3, -0.25) is 0 Å². The van der Waals surface area contributed by atoms with Crippen molar-refractivity contribution in [3.63, 3.8) is 0 Å². The first-order valence-corrected chi connectivity index (χ1v) is 8.48. The number of rotatable bonds is 4. The summed E-state index contributed by atoms with van der Waals surface area (Å²) < 4.78 is 4.94. The summed E-state index contributed by atoms with van der Waals surface area (Å²) in [5.41, 5.74) is 11.0. The van der Waals surface area contributed by atoms with Crippen molar-refractivity contribution in [2.24, 2.45) is 0 Å². The van der Waals surface area contributed by atoms with Gasteiger partial charge in [-0.25, -0.2) is 4.79 Å². The molecule has 0 aliphatic rings. The maximum Gasteiger partial charge on any atom is 0.340 e. The average molecular weight is 367 g/mol. The number of halogens is 1. The smallest absolute Gasteiger partial charge is 0.340 e. The molecule has 0 heterocycles. The fraction of sp³-hybridized carbons (Fsp3) is 0.0952. The van der Waals surface area contributed by atoms with Crippen molar-refractivity contribution >= 4 is 34.6 Å². The average Bonchev–Trinajstić information content (AvgIpc) is 2.63. The van der Waals surface area contributed by atoms with Gasteiger partial charge in [0.05, 0.1) is 24.0 Å². The van der Waals surface area contributed by atoms with E-state index in [9.17, 15) is 4.79 Å². The van der Waals surface area contributed by atoms with Gasteiger partial charge < -0.3 is 15.8 Å². The summed E-state index contributed by atoms with van der Waals surface area (Å²) in [5.74, 6) is -0.472. The third kappa shape index (κ3) is 3.65. The minimum Gasteiger partial charge on any atom is -0.465 e. The van der Waals surface area contributed by atoms with Crippen LogP contribution in [0.1, 0.15) is 15.9 Å². The van der Waals surface area contributed by atoms with Crippen molar-refractivity contribution in [1.29, 1.82) is 0 Å². The SMILES string of the molecule is COC(=O)c1cc(-c2ccc(C)cc2Cl)cc(N)c1Nc1ccccc1. The molecule has 0 spiro atoms. The fourth-order valence-electron chi connectivity index (χ4n) is 2.75. The summed E-state index contributed by atoms with van der Waals surface area (Å²) in [6, 6.07) is 18.8. The summed E-state index contributed by atoms with van der Waals surface area (Å²) in [4.78, 5) is 12.3. The Balaban J connectivity index is 2.13. The van der Waals surface area contributed by atoms with Gasteiger partial charge in [0.15, 0.2) is 0 Å². The van der Waals surface area contributed by atoms with Gasteiger partial charge in [-0.05, 0) is 48.4 Å². The standard InChI is InChI=1S/C21H19ClN2O2/c1-13-8-9-16(18(22)10-13)14-11-17(21(25)26-2)20(19(23)12-14)24-15-6-4-3-5-7-15/h3-12,24H,23H2,1-2H3. The lowest BCUT2D eigenvalue weighted by Crippen LogP contribution is -2.08. The Kier molecular flexibility index (Phi) is 5.14. The van der Waals surface area contributed by atoms with Gasteiger partial charge in [0.2, 0.25) is 0 Å². The van der Waals surface area contributed by atoms with Gasteiger partial charge in [-0.1, -0.05) is 41.9 Å². The predicted molar refractivity (Wildman–Crippen MR) is 107 cm³/mol. The number of nitrogens with one attached hydrogen (secondary N) is 1. The van der Waals surface area contributed by atoms with Crippen LogP contribution in [0.3, 0.4) is 0 Å². The Morgan fingerprint density at radius 1 is 1.08 bits per heavy atom. The normalized spacial score (nSPS) is 10.4. The van der Waals surface area contributed by atoms with Crippen LogP contribution in [-0.4, -0.2) is 13.1 Å². The van der Waals surface area contributed by atoms with E-state index in [2.05, 4.69) is 5.32 Å². The molecule has 3 aromatic rings. The molecule has 5 heteroatoms. The van der Waals surface area contributed by atoms with E-state index in [1.54, 1.807) is 12.1 Å². The van der Waals surface area contributed by atoms with Crippen LogP contribution < -0.4 is 11.1 Å². The molecule has 0 saturated heterocycles. The number of benzene rings is 3. The predicted octanol–water partition coefficient (Wildman–Crippen LogP) is 5.43. The van der Waals surface area contributed by atoms with Crippen LogP contribution in [0.5, 0.6) is 0 Å². The number of aryl methyl sites for hydroxylation is 1. The zero-order valence-corrected chi connectivity index (χ0v) is 15.3. The number of nitrogens with two attached hydrogens (primary N) is 1. The van der Waals surface area contributed by atoms with E-state index in [1.807, 2.05) is 55.5 Å². The molecule has 26 heavy (non-hydrogen) atoms. The molecule has 0 amide bonds. The van der Waals surface area contributed by atoms with E-state index < -0.39 is 5.97 Å². The second-order valence-corrected chi connectivity index (χ2v) is 6.36. The van der Waals surface area contributed by atoms with E-state index in [1.165, 1.54) is 7.11 Å². The number of anilines is 3. The maximum atomic E-state index is 12.3. The summed E-state index contributed by atoms with van der Waals surface area (Å²) in [6.45, 7) is 1.97. The van der Waals surface area contributed by atoms with Gasteiger partial charge >= 0.3 is 5.97 Å². The third-order valence-corrected chi connectivity index (χ3v) is 4.37. The van der Waals surface area contributed by atoms with Crippen LogP contribution in [0.25, 0.3) is 11.1 Å². The highest BCUT2D eigenvalue weighted by atomic mass is 35.5. The fourth-order valence-corrected chi connectivity index (χ4v) is 3.09. The van der Waals surface area contributed by atoms with Crippen molar-refractivity contribution in [3.8, 4) is 11.1 Å². The van der Waals surface area contributed by atoms with Crippen molar-refractivity contribution < 1.29 is 9.53 Å². The number of ether oxygens (including phenoxy) is 1. The number of hydrogen-bond donors (Lipinski definition) is 2. The second kappa shape index (κ2) is 7.50. The monoisotopic (exact) mass is 366 g/mol. The summed E-state index contributed by atoms with van der Waals surface area (Å²) in [6.07, 6.45) is 0. The molecule has 3 rings (SSSR count). The molecule has 0 radical (unpaired) electrons. The van der Waals surface area contributed by atoms with Gasteiger partial charge in [0.25, 0.3) is 0 Å². The minimum atomic E-state index is -0.472. The molecule has 0 aliphatic heterocycles. The van der Waals surface area contributed by atoms with Crippen LogP contribution in [-0.2, 0) is 4.74 Å². The van der Waals surface area contributed by atoms with E-state index in [-0.39, 0.29) is 0 Å².